The lowest BCUT2D eigenvalue weighted by molar-refractivity contribution is -0.115. The number of anilines is 1. The van der Waals surface area contributed by atoms with Crippen molar-refractivity contribution in [3.05, 3.63) is 53.8 Å². The zero-order valence-corrected chi connectivity index (χ0v) is 13.3. The summed E-state index contributed by atoms with van der Waals surface area (Å²) in [7, 11) is 3.00. The Bertz CT molecular complexity index is 732. The Morgan fingerprint density at radius 2 is 1.75 bits per heavy atom. The van der Waals surface area contributed by atoms with Gasteiger partial charge in [0.25, 0.3) is 5.91 Å². The highest BCUT2D eigenvalue weighted by atomic mass is 19.1. The Morgan fingerprint density at radius 1 is 1.04 bits per heavy atom. The van der Waals surface area contributed by atoms with Gasteiger partial charge < -0.3 is 20.1 Å². The van der Waals surface area contributed by atoms with E-state index in [9.17, 15) is 14.0 Å². The van der Waals surface area contributed by atoms with Gasteiger partial charge in [0.15, 0.2) is 0 Å². The first-order chi connectivity index (χ1) is 11.5. The molecule has 24 heavy (non-hydrogen) atoms. The van der Waals surface area contributed by atoms with Gasteiger partial charge in [0, 0.05) is 11.6 Å². The quantitative estimate of drug-likeness (QED) is 0.850. The number of rotatable bonds is 6. The molecule has 2 rings (SSSR count). The van der Waals surface area contributed by atoms with Crippen LogP contribution in [0.1, 0.15) is 10.4 Å². The molecule has 7 heteroatoms. The molecule has 2 aromatic rings. The molecule has 0 radical (unpaired) electrons. The third-order valence-corrected chi connectivity index (χ3v) is 3.20. The molecule has 0 aromatic heterocycles. The molecule has 0 heterocycles. The second-order valence-electron chi connectivity index (χ2n) is 4.80. The lowest BCUT2D eigenvalue weighted by Crippen LogP contribution is -2.32. The highest BCUT2D eigenvalue weighted by Gasteiger charge is 2.11. The molecule has 0 saturated carbocycles. The van der Waals surface area contributed by atoms with Gasteiger partial charge in [0.1, 0.15) is 17.3 Å². The predicted molar refractivity (Wildman–Crippen MR) is 86.9 cm³/mol. The maximum atomic E-state index is 12.8. The van der Waals surface area contributed by atoms with Crippen molar-refractivity contribution in [3.8, 4) is 11.5 Å². The van der Waals surface area contributed by atoms with E-state index in [1.807, 2.05) is 0 Å². The number of hydrogen-bond acceptors (Lipinski definition) is 4. The summed E-state index contributed by atoms with van der Waals surface area (Å²) in [5.41, 5.74) is 0.727. The lowest BCUT2D eigenvalue weighted by Gasteiger charge is -2.12. The molecule has 0 aliphatic heterocycles. The van der Waals surface area contributed by atoms with Crippen molar-refractivity contribution in [1.82, 2.24) is 5.32 Å². The van der Waals surface area contributed by atoms with Crippen molar-refractivity contribution >= 4 is 17.5 Å². The van der Waals surface area contributed by atoms with E-state index >= 15 is 0 Å². The first-order valence-corrected chi connectivity index (χ1v) is 7.09. The van der Waals surface area contributed by atoms with Gasteiger partial charge in [-0.25, -0.2) is 4.39 Å². The third kappa shape index (κ3) is 4.45. The average Bonchev–Trinajstić information content (AvgIpc) is 2.60. The number of amides is 2. The number of halogens is 1. The molecule has 0 bridgehead atoms. The predicted octanol–water partition coefficient (Wildman–Crippen LogP) is 2.21. The molecular formula is C17H17FN2O4. The van der Waals surface area contributed by atoms with Crippen LogP contribution in [-0.2, 0) is 4.79 Å². The number of nitrogens with one attached hydrogen (secondary N) is 2. The standard InChI is InChI=1S/C17H17FN2O4/c1-23-13-7-8-14(15(9-13)24-2)20-16(21)10-19-17(22)11-3-5-12(18)6-4-11/h3-9H,10H2,1-2H3,(H,19,22)(H,20,21). The van der Waals surface area contributed by atoms with Gasteiger partial charge in [-0.2, -0.15) is 0 Å². The van der Waals surface area contributed by atoms with Gasteiger partial charge in [-0.15, -0.1) is 0 Å². The highest BCUT2D eigenvalue weighted by Crippen LogP contribution is 2.28. The average molecular weight is 332 g/mol. The number of carbonyl (C=O) groups is 2. The third-order valence-electron chi connectivity index (χ3n) is 3.20. The Balaban J connectivity index is 1.93. The Morgan fingerprint density at radius 3 is 2.38 bits per heavy atom. The summed E-state index contributed by atoms with van der Waals surface area (Å²) in [5, 5.41) is 5.09. The fourth-order valence-electron chi connectivity index (χ4n) is 1.96. The van der Waals surface area contributed by atoms with Crippen LogP contribution in [0.4, 0.5) is 10.1 Å². The van der Waals surface area contributed by atoms with Crippen LogP contribution in [0, 0.1) is 5.82 Å². The first kappa shape index (κ1) is 17.3. The van der Waals surface area contributed by atoms with Crippen molar-refractivity contribution in [2.45, 2.75) is 0 Å². The van der Waals surface area contributed by atoms with Gasteiger partial charge in [-0.05, 0) is 36.4 Å². The molecule has 0 atom stereocenters. The molecule has 6 nitrogen and oxygen atoms in total. The van der Waals surface area contributed by atoms with Crippen molar-refractivity contribution in [1.29, 1.82) is 0 Å². The van der Waals surface area contributed by atoms with Gasteiger partial charge in [0.05, 0.1) is 26.5 Å². The van der Waals surface area contributed by atoms with Gasteiger partial charge in [-0.3, -0.25) is 9.59 Å². The molecular weight excluding hydrogens is 315 g/mol. The topological polar surface area (TPSA) is 76.7 Å². The second-order valence-corrected chi connectivity index (χ2v) is 4.80. The van der Waals surface area contributed by atoms with Crippen LogP contribution in [0.3, 0.4) is 0 Å². The minimum atomic E-state index is -0.466. The Kier molecular flexibility index (Phi) is 5.73. The van der Waals surface area contributed by atoms with Crippen LogP contribution in [0.25, 0.3) is 0 Å². The summed E-state index contributed by atoms with van der Waals surface area (Å²) in [5.74, 6) is -0.293. The van der Waals surface area contributed by atoms with E-state index in [2.05, 4.69) is 10.6 Å². The van der Waals surface area contributed by atoms with E-state index in [0.717, 1.165) is 0 Å². The number of ether oxygens (including phenoxy) is 2. The fourth-order valence-corrected chi connectivity index (χ4v) is 1.96. The number of hydrogen-bond donors (Lipinski definition) is 2. The lowest BCUT2D eigenvalue weighted by atomic mass is 10.2. The zero-order valence-electron chi connectivity index (χ0n) is 13.3. The van der Waals surface area contributed by atoms with Crippen LogP contribution in [0.2, 0.25) is 0 Å². The molecule has 0 saturated heterocycles. The van der Waals surface area contributed by atoms with Gasteiger partial charge in [0.2, 0.25) is 5.91 Å². The van der Waals surface area contributed by atoms with E-state index in [0.29, 0.717) is 17.2 Å². The van der Waals surface area contributed by atoms with E-state index in [1.165, 1.54) is 38.5 Å². The molecule has 2 aromatic carbocycles. The van der Waals surface area contributed by atoms with Crippen molar-refractivity contribution in [2.75, 3.05) is 26.1 Å². The fraction of sp³-hybridized carbons (Fsp3) is 0.176. The minimum absolute atomic E-state index is 0.231. The van der Waals surface area contributed by atoms with E-state index in [-0.39, 0.29) is 12.1 Å². The molecule has 0 aliphatic carbocycles. The Labute approximate surface area is 138 Å². The highest BCUT2D eigenvalue weighted by molar-refractivity contribution is 5.99. The number of carbonyl (C=O) groups excluding carboxylic acids is 2. The Hall–Kier alpha value is -3.09. The largest absolute Gasteiger partial charge is 0.497 e. The van der Waals surface area contributed by atoms with Gasteiger partial charge >= 0.3 is 0 Å². The van der Waals surface area contributed by atoms with E-state index < -0.39 is 17.6 Å². The summed E-state index contributed by atoms with van der Waals surface area (Å²) in [6, 6.07) is 9.98. The summed E-state index contributed by atoms with van der Waals surface area (Å²) in [6.07, 6.45) is 0. The van der Waals surface area contributed by atoms with E-state index in [1.54, 1.807) is 18.2 Å². The SMILES string of the molecule is COc1ccc(NC(=O)CNC(=O)c2ccc(F)cc2)c(OC)c1. The molecule has 0 fully saturated rings. The van der Waals surface area contributed by atoms with Gasteiger partial charge in [-0.1, -0.05) is 0 Å². The van der Waals surface area contributed by atoms with Crippen molar-refractivity contribution < 1.29 is 23.5 Å². The number of methoxy groups -OCH3 is 2. The maximum absolute atomic E-state index is 12.8. The van der Waals surface area contributed by atoms with Crippen molar-refractivity contribution in [2.24, 2.45) is 0 Å². The molecule has 0 aliphatic rings. The number of benzene rings is 2. The molecule has 2 N–H and O–H groups in total. The zero-order chi connectivity index (χ0) is 17.5. The minimum Gasteiger partial charge on any atom is -0.497 e. The molecule has 0 spiro atoms. The molecule has 0 unspecified atom stereocenters. The summed E-state index contributed by atoms with van der Waals surface area (Å²) in [4.78, 5) is 23.8. The maximum Gasteiger partial charge on any atom is 0.251 e. The first-order valence-electron chi connectivity index (χ1n) is 7.09. The molecule has 2 amide bonds. The normalized spacial score (nSPS) is 9.96. The van der Waals surface area contributed by atoms with Crippen LogP contribution in [0.15, 0.2) is 42.5 Å². The molecule has 126 valence electrons. The van der Waals surface area contributed by atoms with E-state index in [4.69, 9.17) is 9.47 Å². The summed E-state index contributed by atoms with van der Waals surface area (Å²) < 4.78 is 23.1. The van der Waals surface area contributed by atoms with Crippen LogP contribution >= 0.6 is 0 Å². The summed E-state index contributed by atoms with van der Waals surface area (Å²) >= 11 is 0. The monoisotopic (exact) mass is 332 g/mol. The summed E-state index contributed by atoms with van der Waals surface area (Å²) in [6.45, 7) is -0.231. The van der Waals surface area contributed by atoms with Crippen LogP contribution in [0.5, 0.6) is 11.5 Å². The van der Waals surface area contributed by atoms with Crippen molar-refractivity contribution in [3.63, 3.8) is 0 Å². The van der Waals surface area contributed by atoms with Crippen LogP contribution in [-0.4, -0.2) is 32.6 Å². The van der Waals surface area contributed by atoms with Crippen LogP contribution < -0.4 is 20.1 Å². The smallest absolute Gasteiger partial charge is 0.251 e. The second kappa shape index (κ2) is 7.96.